The minimum absolute atomic E-state index is 0.134. The smallest absolute Gasteiger partial charge is 0.259 e. The van der Waals surface area contributed by atoms with Crippen molar-refractivity contribution in [3.63, 3.8) is 0 Å². The lowest BCUT2D eigenvalue weighted by Gasteiger charge is -2.09. The highest BCUT2D eigenvalue weighted by atomic mass is 19.1. The van der Waals surface area contributed by atoms with Gasteiger partial charge >= 0.3 is 0 Å². The van der Waals surface area contributed by atoms with Crippen LogP contribution in [0.1, 0.15) is 15.9 Å². The Labute approximate surface area is 149 Å². The van der Waals surface area contributed by atoms with E-state index in [1.165, 1.54) is 44.7 Å². The standard InChI is InChI=1S/C18H18FN3O4/c1-25-15-9-5-6-12(17(15)26-2)10-21-22-16(23)11-20-18(24)13-7-3-4-8-14(13)19/h3-10H,11H2,1-2H3,(H,20,24)(H,22,23)/b21-10-. The SMILES string of the molecule is COc1cccc(/C=N\NC(=O)CNC(=O)c2ccccc2F)c1OC. The number of hydrogen-bond donors (Lipinski definition) is 2. The molecule has 2 N–H and O–H groups in total. The first-order chi connectivity index (χ1) is 12.6. The second-order valence-corrected chi connectivity index (χ2v) is 5.04. The van der Waals surface area contributed by atoms with Gasteiger partial charge in [-0.15, -0.1) is 0 Å². The average Bonchev–Trinajstić information content (AvgIpc) is 2.66. The molecule has 2 amide bonds. The van der Waals surface area contributed by atoms with Crippen LogP contribution in [0.2, 0.25) is 0 Å². The third kappa shape index (κ3) is 4.79. The predicted molar refractivity (Wildman–Crippen MR) is 94.0 cm³/mol. The molecular weight excluding hydrogens is 341 g/mol. The van der Waals surface area contributed by atoms with E-state index in [2.05, 4.69) is 15.8 Å². The van der Waals surface area contributed by atoms with Crippen molar-refractivity contribution in [2.75, 3.05) is 20.8 Å². The van der Waals surface area contributed by atoms with Crippen LogP contribution in [-0.2, 0) is 4.79 Å². The molecule has 0 aliphatic rings. The number of nitrogens with zero attached hydrogens (tertiary/aromatic N) is 1. The highest BCUT2D eigenvalue weighted by molar-refractivity contribution is 5.96. The first-order valence-corrected chi connectivity index (χ1v) is 7.62. The monoisotopic (exact) mass is 359 g/mol. The van der Waals surface area contributed by atoms with E-state index in [9.17, 15) is 14.0 Å². The molecule has 0 saturated heterocycles. The lowest BCUT2D eigenvalue weighted by molar-refractivity contribution is -0.120. The molecule has 136 valence electrons. The molecule has 0 saturated carbocycles. The highest BCUT2D eigenvalue weighted by Crippen LogP contribution is 2.29. The van der Waals surface area contributed by atoms with E-state index in [1.807, 2.05) is 0 Å². The summed E-state index contributed by atoms with van der Waals surface area (Å²) in [6.45, 7) is -0.347. The zero-order chi connectivity index (χ0) is 18.9. The minimum Gasteiger partial charge on any atom is -0.493 e. The quantitative estimate of drug-likeness (QED) is 0.582. The van der Waals surface area contributed by atoms with Gasteiger partial charge in [-0.25, -0.2) is 9.82 Å². The maximum atomic E-state index is 13.5. The topological polar surface area (TPSA) is 89.0 Å². The zero-order valence-corrected chi connectivity index (χ0v) is 14.3. The molecule has 7 nitrogen and oxygen atoms in total. The van der Waals surface area contributed by atoms with Crippen molar-refractivity contribution in [1.29, 1.82) is 0 Å². The number of rotatable bonds is 7. The average molecular weight is 359 g/mol. The lowest BCUT2D eigenvalue weighted by Crippen LogP contribution is -2.35. The number of hydrogen-bond acceptors (Lipinski definition) is 5. The Balaban J connectivity index is 1.90. The van der Waals surface area contributed by atoms with E-state index in [0.29, 0.717) is 17.1 Å². The molecule has 2 aromatic rings. The molecule has 0 heterocycles. The third-order valence-electron chi connectivity index (χ3n) is 3.35. The van der Waals surface area contributed by atoms with Crippen LogP contribution in [0.25, 0.3) is 0 Å². The Morgan fingerprint density at radius 2 is 1.88 bits per heavy atom. The van der Waals surface area contributed by atoms with Crippen molar-refractivity contribution in [2.24, 2.45) is 5.10 Å². The summed E-state index contributed by atoms with van der Waals surface area (Å²) in [7, 11) is 3.00. The summed E-state index contributed by atoms with van der Waals surface area (Å²) in [6, 6.07) is 10.7. The van der Waals surface area contributed by atoms with Gasteiger partial charge in [-0.05, 0) is 24.3 Å². The van der Waals surface area contributed by atoms with Gasteiger partial charge in [-0.2, -0.15) is 5.10 Å². The Morgan fingerprint density at radius 1 is 1.12 bits per heavy atom. The summed E-state index contributed by atoms with van der Waals surface area (Å²) in [5.41, 5.74) is 2.73. The van der Waals surface area contributed by atoms with Crippen LogP contribution in [0, 0.1) is 5.82 Å². The summed E-state index contributed by atoms with van der Waals surface area (Å²) in [4.78, 5) is 23.6. The third-order valence-corrected chi connectivity index (χ3v) is 3.35. The Hall–Kier alpha value is -3.42. The van der Waals surface area contributed by atoms with Crippen LogP contribution in [0.4, 0.5) is 4.39 Å². The molecule has 0 radical (unpaired) electrons. The first-order valence-electron chi connectivity index (χ1n) is 7.62. The van der Waals surface area contributed by atoms with Crippen LogP contribution in [-0.4, -0.2) is 38.8 Å². The highest BCUT2D eigenvalue weighted by Gasteiger charge is 2.12. The Bertz CT molecular complexity index is 824. The van der Waals surface area contributed by atoms with Crippen LogP contribution in [0.15, 0.2) is 47.6 Å². The van der Waals surface area contributed by atoms with Crippen molar-refractivity contribution < 1.29 is 23.5 Å². The van der Waals surface area contributed by atoms with Crippen LogP contribution < -0.4 is 20.2 Å². The number of benzene rings is 2. The van der Waals surface area contributed by atoms with Crippen molar-refractivity contribution in [2.45, 2.75) is 0 Å². The van der Waals surface area contributed by atoms with Gasteiger partial charge < -0.3 is 14.8 Å². The van der Waals surface area contributed by atoms with Crippen LogP contribution >= 0.6 is 0 Å². The number of hydrazone groups is 1. The van der Waals surface area contributed by atoms with Gasteiger partial charge in [0.1, 0.15) is 5.82 Å². The number of amides is 2. The number of methoxy groups -OCH3 is 2. The summed E-state index contributed by atoms with van der Waals surface area (Å²) >= 11 is 0. The molecule has 0 aromatic heterocycles. The van der Waals surface area contributed by atoms with Gasteiger partial charge in [0.15, 0.2) is 11.5 Å². The van der Waals surface area contributed by atoms with E-state index in [-0.39, 0.29) is 12.1 Å². The molecule has 0 bridgehead atoms. The fraction of sp³-hybridized carbons (Fsp3) is 0.167. The summed E-state index contributed by atoms with van der Waals surface area (Å²) in [5.74, 6) is -0.904. The van der Waals surface area contributed by atoms with Gasteiger partial charge in [0.25, 0.3) is 11.8 Å². The normalized spacial score (nSPS) is 10.4. The van der Waals surface area contributed by atoms with Gasteiger partial charge in [0.2, 0.25) is 0 Å². The lowest BCUT2D eigenvalue weighted by atomic mass is 10.2. The van der Waals surface area contributed by atoms with Crippen molar-refractivity contribution in [3.05, 3.63) is 59.4 Å². The molecule has 0 aliphatic carbocycles. The van der Waals surface area contributed by atoms with E-state index in [0.717, 1.165) is 0 Å². The molecule has 0 aliphatic heterocycles. The molecule has 0 fully saturated rings. The number of halogens is 1. The maximum Gasteiger partial charge on any atom is 0.259 e. The van der Waals surface area contributed by atoms with Gasteiger partial charge in [-0.3, -0.25) is 9.59 Å². The predicted octanol–water partition coefficient (Wildman–Crippen LogP) is 1.72. The number of carbonyl (C=O) groups excluding carboxylic acids is 2. The molecular formula is C18H18FN3O4. The summed E-state index contributed by atoms with van der Waals surface area (Å²) in [5, 5.41) is 6.13. The number of para-hydroxylation sites is 1. The van der Waals surface area contributed by atoms with Crippen LogP contribution in [0.3, 0.4) is 0 Å². The molecule has 8 heteroatoms. The van der Waals surface area contributed by atoms with E-state index >= 15 is 0 Å². The van der Waals surface area contributed by atoms with Crippen molar-refractivity contribution >= 4 is 18.0 Å². The van der Waals surface area contributed by atoms with Gasteiger partial charge in [-0.1, -0.05) is 18.2 Å². The molecule has 2 aromatic carbocycles. The molecule has 0 spiro atoms. The van der Waals surface area contributed by atoms with E-state index in [4.69, 9.17) is 9.47 Å². The van der Waals surface area contributed by atoms with Crippen molar-refractivity contribution in [1.82, 2.24) is 10.7 Å². The maximum absolute atomic E-state index is 13.5. The second-order valence-electron chi connectivity index (χ2n) is 5.04. The molecule has 2 rings (SSSR count). The van der Waals surface area contributed by atoms with E-state index < -0.39 is 17.6 Å². The molecule has 0 unspecified atom stereocenters. The number of nitrogens with one attached hydrogen (secondary N) is 2. The number of carbonyl (C=O) groups is 2. The van der Waals surface area contributed by atoms with Crippen LogP contribution in [0.5, 0.6) is 11.5 Å². The summed E-state index contributed by atoms with van der Waals surface area (Å²) in [6.07, 6.45) is 1.39. The minimum atomic E-state index is -0.684. The molecule has 0 atom stereocenters. The number of ether oxygens (including phenoxy) is 2. The fourth-order valence-corrected chi connectivity index (χ4v) is 2.13. The largest absolute Gasteiger partial charge is 0.493 e. The van der Waals surface area contributed by atoms with E-state index in [1.54, 1.807) is 18.2 Å². The Morgan fingerprint density at radius 3 is 2.58 bits per heavy atom. The van der Waals surface area contributed by atoms with Gasteiger partial charge in [0.05, 0.1) is 32.5 Å². The molecule has 26 heavy (non-hydrogen) atoms. The Kier molecular flexibility index (Phi) is 6.67. The second kappa shape index (κ2) is 9.16. The zero-order valence-electron chi connectivity index (χ0n) is 14.3. The first kappa shape index (κ1) is 18.9. The van der Waals surface area contributed by atoms with Gasteiger partial charge in [0, 0.05) is 5.56 Å². The fourth-order valence-electron chi connectivity index (χ4n) is 2.13. The van der Waals surface area contributed by atoms with Crippen molar-refractivity contribution in [3.8, 4) is 11.5 Å². The summed E-state index contributed by atoms with van der Waals surface area (Å²) < 4.78 is 23.9.